The lowest BCUT2D eigenvalue weighted by atomic mass is 10.1. The van der Waals surface area contributed by atoms with Crippen molar-refractivity contribution in [3.8, 4) is 11.3 Å². The van der Waals surface area contributed by atoms with Crippen LogP contribution in [0.25, 0.3) is 27.8 Å². The highest BCUT2D eigenvalue weighted by atomic mass is 15.2. The van der Waals surface area contributed by atoms with E-state index < -0.39 is 0 Å². The molecule has 0 radical (unpaired) electrons. The fraction of sp³-hybridized carbons (Fsp3) is 0. The fourth-order valence-electron chi connectivity index (χ4n) is 2.32. The summed E-state index contributed by atoms with van der Waals surface area (Å²) in [6.07, 6.45) is 1.86. The number of hydrogen-bond acceptors (Lipinski definition) is 2. The lowest BCUT2D eigenvalue weighted by Gasteiger charge is -1.99. The number of benzene rings is 2. The molecule has 90 valence electrons. The first kappa shape index (κ1) is 10.3. The maximum Gasteiger partial charge on any atom is 0.0934 e. The van der Waals surface area contributed by atoms with Gasteiger partial charge in [-0.15, -0.1) is 0 Å². The van der Waals surface area contributed by atoms with Crippen LogP contribution in [0.5, 0.6) is 0 Å². The standard InChI is InChI=1S/C16H11N3/c1-2-6-12(7-3-1)15-10-13-11-17-14-8-4-5-9-16(14)19(13)18-15/h1-11H. The third-order valence-corrected chi connectivity index (χ3v) is 3.25. The Labute approximate surface area is 110 Å². The minimum Gasteiger partial charge on any atom is -0.252 e. The Kier molecular flexibility index (Phi) is 2.12. The molecule has 0 atom stereocenters. The molecule has 0 fully saturated rings. The monoisotopic (exact) mass is 245 g/mol. The Bertz CT molecular complexity index is 863. The smallest absolute Gasteiger partial charge is 0.0934 e. The first-order valence-electron chi connectivity index (χ1n) is 6.21. The van der Waals surface area contributed by atoms with E-state index in [9.17, 15) is 0 Å². The van der Waals surface area contributed by atoms with Crippen LogP contribution in [-0.2, 0) is 0 Å². The Balaban J connectivity index is 2.04. The second-order valence-electron chi connectivity index (χ2n) is 4.48. The summed E-state index contributed by atoms with van der Waals surface area (Å²) in [5, 5.41) is 4.69. The zero-order valence-electron chi connectivity index (χ0n) is 10.2. The van der Waals surface area contributed by atoms with Crippen molar-refractivity contribution in [3.63, 3.8) is 0 Å². The van der Waals surface area contributed by atoms with Gasteiger partial charge >= 0.3 is 0 Å². The summed E-state index contributed by atoms with van der Waals surface area (Å²) in [6, 6.07) is 20.3. The van der Waals surface area contributed by atoms with Crippen molar-refractivity contribution in [3.05, 3.63) is 66.9 Å². The van der Waals surface area contributed by atoms with Crippen LogP contribution in [0.3, 0.4) is 0 Å². The molecule has 0 aliphatic carbocycles. The maximum absolute atomic E-state index is 4.69. The van der Waals surface area contributed by atoms with Gasteiger partial charge in [-0.3, -0.25) is 4.98 Å². The Hall–Kier alpha value is -2.68. The van der Waals surface area contributed by atoms with Crippen LogP contribution in [0.1, 0.15) is 0 Å². The van der Waals surface area contributed by atoms with Gasteiger partial charge in [0.2, 0.25) is 0 Å². The number of nitrogens with zero attached hydrogens (tertiary/aromatic N) is 3. The predicted octanol–water partition coefficient (Wildman–Crippen LogP) is 3.55. The lowest BCUT2D eigenvalue weighted by Crippen LogP contribution is -1.92. The molecule has 0 unspecified atom stereocenters. The van der Waals surface area contributed by atoms with Crippen LogP contribution in [0.15, 0.2) is 66.9 Å². The molecule has 0 bridgehead atoms. The topological polar surface area (TPSA) is 30.2 Å². The minimum atomic E-state index is 0.956. The van der Waals surface area contributed by atoms with Gasteiger partial charge in [-0.1, -0.05) is 42.5 Å². The Morgan fingerprint density at radius 1 is 0.842 bits per heavy atom. The van der Waals surface area contributed by atoms with Crippen LogP contribution >= 0.6 is 0 Å². The van der Waals surface area contributed by atoms with E-state index in [1.807, 2.05) is 53.2 Å². The molecule has 4 aromatic rings. The van der Waals surface area contributed by atoms with Crippen LogP contribution in [0.2, 0.25) is 0 Å². The number of rotatable bonds is 1. The van der Waals surface area contributed by atoms with E-state index in [2.05, 4.69) is 28.3 Å². The molecule has 3 heteroatoms. The lowest BCUT2D eigenvalue weighted by molar-refractivity contribution is 1.000. The van der Waals surface area contributed by atoms with Gasteiger partial charge in [0.1, 0.15) is 0 Å². The molecule has 0 saturated carbocycles. The van der Waals surface area contributed by atoms with Gasteiger partial charge in [0.15, 0.2) is 0 Å². The molecule has 2 aromatic heterocycles. The van der Waals surface area contributed by atoms with Crippen molar-refractivity contribution >= 4 is 16.6 Å². The van der Waals surface area contributed by atoms with E-state index in [1.54, 1.807) is 0 Å². The summed E-state index contributed by atoms with van der Waals surface area (Å²) in [4.78, 5) is 4.46. The molecular formula is C16H11N3. The van der Waals surface area contributed by atoms with Crippen molar-refractivity contribution in [1.29, 1.82) is 0 Å². The SMILES string of the molecule is c1ccc(-c2cc3cnc4ccccc4n3n2)cc1. The molecular weight excluding hydrogens is 234 g/mol. The van der Waals surface area contributed by atoms with Crippen LogP contribution in [-0.4, -0.2) is 14.6 Å². The largest absolute Gasteiger partial charge is 0.252 e. The summed E-state index contributed by atoms with van der Waals surface area (Å²) < 4.78 is 1.95. The summed E-state index contributed by atoms with van der Waals surface area (Å²) in [5.74, 6) is 0. The molecule has 4 rings (SSSR count). The zero-order valence-corrected chi connectivity index (χ0v) is 10.2. The molecule has 0 N–H and O–H groups in total. The molecule has 2 aromatic carbocycles. The van der Waals surface area contributed by atoms with Gasteiger partial charge in [-0.05, 0) is 18.2 Å². The van der Waals surface area contributed by atoms with Crippen molar-refractivity contribution in [1.82, 2.24) is 14.6 Å². The average molecular weight is 245 g/mol. The predicted molar refractivity (Wildman–Crippen MR) is 75.9 cm³/mol. The summed E-state index contributed by atoms with van der Waals surface area (Å²) in [6.45, 7) is 0. The van der Waals surface area contributed by atoms with E-state index in [4.69, 9.17) is 0 Å². The molecule has 0 saturated heterocycles. The number of hydrogen-bond donors (Lipinski definition) is 0. The van der Waals surface area contributed by atoms with Crippen LogP contribution < -0.4 is 0 Å². The first-order valence-corrected chi connectivity index (χ1v) is 6.21. The third kappa shape index (κ3) is 1.59. The van der Waals surface area contributed by atoms with Crippen molar-refractivity contribution in [2.45, 2.75) is 0 Å². The minimum absolute atomic E-state index is 0.956. The molecule has 19 heavy (non-hydrogen) atoms. The van der Waals surface area contributed by atoms with E-state index in [0.29, 0.717) is 0 Å². The second kappa shape index (κ2) is 3.92. The van der Waals surface area contributed by atoms with Crippen LogP contribution in [0.4, 0.5) is 0 Å². The average Bonchev–Trinajstić information content (AvgIpc) is 2.93. The molecule has 0 aliphatic rings. The summed E-state index contributed by atoms with van der Waals surface area (Å²) in [5.41, 5.74) is 5.09. The summed E-state index contributed by atoms with van der Waals surface area (Å²) >= 11 is 0. The Morgan fingerprint density at radius 2 is 1.63 bits per heavy atom. The highest BCUT2D eigenvalue weighted by molar-refractivity contribution is 5.79. The molecule has 0 amide bonds. The molecule has 3 nitrogen and oxygen atoms in total. The zero-order chi connectivity index (χ0) is 12.7. The quantitative estimate of drug-likeness (QED) is 0.513. The van der Waals surface area contributed by atoms with Gasteiger partial charge in [0.05, 0.1) is 28.4 Å². The summed E-state index contributed by atoms with van der Waals surface area (Å²) in [7, 11) is 0. The van der Waals surface area contributed by atoms with E-state index in [-0.39, 0.29) is 0 Å². The van der Waals surface area contributed by atoms with E-state index >= 15 is 0 Å². The van der Waals surface area contributed by atoms with Crippen molar-refractivity contribution < 1.29 is 0 Å². The van der Waals surface area contributed by atoms with Gasteiger partial charge < -0.3 is 0 Å². The molecule has 0 spiro atoms. The molecule has 0 aliphatic heterocycles. The van der Waals surface area contributed by atoms with Gasteiger partial charge in [-0.2, -0.15) is 5.10 Å². The Morgan fingerprint density at radius 3 is 2.53 bits per heavy atom. The number of aromatic nitrogens is 3. The van der Waals surface area contributed by atoms with Gasteiger partial charge in [0.25, 0.3) is 0 Å². The maximum atomic E-state index is 4.69. The first-order chi connectivity index (χ1) is 9.42. The second-order valence-corrected chi connectivity index (χ2v) is 4.48. The van der Waals surface area contributed by atoms with Gasteiger partial charge in [0, 0.05) is 5.56 Å². The third-order valence-electron chi connectivity index (χ3n) is 3.25. The normalized spacial score (nSPS) is 11.2. The fourth-order valence-corrected chi connectivity index (χ4v) is 2.32. The van der Waals surface area contributed by atoms with E-state index in [0.717, 1.165) is 27.8 Å². The van der Waals surface area contributed by atoms with Gasteiger partial charge in [-0.25, -0.2) is 4.52 Å². The highest BCUT2D eigenvalue weighted by Crippen LogP contribution is 2.21. The number of fused-ring (bicyclic) bond motifs is 3. The van der Waals surface area contributed by atoms with Crippen LogP contribution in [0, 0.1) is 0 Å². The highest BCUT2D eigenvalue weighted by Gasteiger charge is 2.06. The van der Waals surface area contributed by atoms with Crippen molar-refractivity contribution in [2.75, 3.05) is 0 Å². The molecule has 2 heterocycles. The number of para-hydroxylation sites is 2. The van der Waals surface area contributed by atoms with E-state index in [1.165, 1.54) is 0 Å². The van der Waals surface area contributed by atoms with Crippen molar-refractivity contribution in [2.24, 2.45) is 0 Å².